The van der Waals surface area contributed by atoms with Crippen molar-refractivity contribution >= 4 is 17.2 Å². The van der Waals surface area contributed by atoms with E-state index in [2.05, 4.69) is 22.4 Å². The van der Waals surface area contributed by atoms with Crippen LogP contribution in [-0.4, -0.2) is 17.4 Å². The second-order valence-electron chi connectivity index (χ2n) is 5.80. The van der Waals surface area contributed by atoms with Crippen molar-refractivity contribution in [3.63, 3.8) is 0 Å². The van der Waals surface area contributed by atoms with Gasteiger partial charge in [0, 0.05) is 18.0 Å². The Labute approximate surface area is 140 Å². The first-order chi connectivity index (χ1) is 11.3. The van der Waals surface area contributed by atoms with Gasteiger partial charge in [0.2, 0.25) is 5.91 Å². The molecule has 118 valence electrons. The van der Waals surface area contributed by atoms with Gasteiger partial charge in [-0.15, -0.1) is 11.3 Å². The maximum Gasteiger partial charge on any atom is 0.224 e. The minimum atomic E-state index is -0.0631. The molecule has 2 aromatic rings. The van der Waals surface area contributed by atoms with Crippen LogP contribution in [-0.2, 0) is 4.79 Å². The van der Waals surface area contributed by atoms with Crippen molar-refractivity contribution < 1.29 is 4.79 Å². The number of carbonyl (C=O) groups excluding carboxylic acids is 1. The maximum absolute atomic E-state index is 12.3. The molecule has 0 saturated heterocycles. The zero-order valence-corrected chi connectivity index (χ0v) is 13.7. The van der Waals surface area contributed by atoms with Crippen LogP contribution < -0.4 is 5.32 Å². The van der Waals surface area contributed by atoms with Crippen molar-refractivity contribution in [3.8, 4) is 16.5 Å². The van der Waals surface area contributed by atoms with E-state index in [-0.39, 0.29) is 24.3 Å². The smallest absolute Gasteiger partial charge is 0.224 e. The lowest BCUT2D eigenvalue weighted by atomic mass is 9.79. The molecular weight excluding hydrogens is 306 g/mol. The largest absolute Gasteiger partial charge is 0.343 e. The van der Waals surface area contributed by atoms with Gasteiger partial charge in [-0.1, -0.05) is 43.2 Å². The molecule has 0 aliphatic heterocycles. The van der Waals surface area contributed by atoms with E-state index in [0.29, 0.717) is 0 Å². The first-order valence-corrected chi connectivity index (χ1v) is 8.77. The zero-order chi connectivity index (χ0) is 16.1. The lowest BCUT2D eigenvalue weighted by Crippen LogP contribution is -2.36. The molecule has 4 nitrogen and oxygen atoms in total. The Balaban J connectivity index is 1.80. The fourth-order valence-corrected chi connectivity index (χ4v) is 4.32. The molecular formula is C18H19N3OS. The summed E-state index contributed by atoms with van der Waals surface area (Å²) in [6.07, 6.45) is 5.98. The van der Waals surface area contributed by atoms with Crippen molar-refractivity contribution in [3.05, 3.63) is 41.5 Å². The number of rotatable bonds is 4. The van der Waals surface area contributed by atoms with Gasteiger partial charge in [-0.2, -0.15) is 5.26 Å². The Hall–Kier alpha value is -2.19. The average molecular weight is 325 g/mol. The van der Waals surface area contributed by atoms with E-state index in [1.54, 1.807) is 11.3 Å². The molecule has 1 fully saturated rings. The Morgan fingerprint density at radius 3 is 2.87 bits per heavy atom. The summed E-state index contributed by atoms with van der Waals surface area (Å²) in [4.78, 5) is 18.1. The quantitative estimate of drug-likeness (QED) is 0.871. The standard InChI is InChI=1S/C18H19N3OS/c19-10-11-20-17(22)14-8-4-5-9-15(14)18-21-12-16(23-18)13-6-2-1-3-7-13/h1-3,6-7,12,14-15H,4-5,8-9,11H2,(H,20,22). The van der Waals surface area contributed by atoms with Crippen LogP contribution in [0.1, 0.15) is 36.6 Å². The van der Waals surface area contributed by atoms with Crippen LogP contribution in [0.4, 0.5) is 0 Å². The van der Waals surface area contributed by atoms with Crippen LogP contribution in [0.2, 0.25) is 0 Å². The summed E-state index contributed by atoms with van der Waals surface area (Å²) in [6, 6.07) is 12.2. The molecule has 1 aliphatic rings. The number of amides is 1. The van der Waals surface area contributed by atoms with Crippen molar-refractivity contribution in [1.82, 2.24) is 10.3 Å². The molecule has 1 amide bonds. The third-order valence-corrected chi connectivity index (χ3v) is 5.52. The molecule has 2 unspecified atom stereocenters. The number of hydrogen-bond acceptors (Lipinski definition) is 4. The fraction of sp³-hybridized carbons (Fsp3) is 0.389. The minimum Gasteiger partial charge on any atom is -0.343 e. The van der Waals surface area contributed by atoms with Crippen molar-refractivity contribution in [2.45, 2.75) is 31.6 Å². The fourth-order valence-electron chi connectivity index (χ4n) is 3.19. The molecule has 1 aromatic heterocycles. The van der Waals surface area contributed by atoms with E-state index in [0.717, 1.165) is 41.1 Å². The Kier molecular flexibility index (Phi) is 5.04. The van der Waals surface area contributed by atoms with Gasteiger partial charge in [0.15, 0.2) is 0 Å². The van der Waals surface area contributed by atoms with Crippen LogP contribution >= 0.6 is 11.3 Å². The number of aromatic nitrogens is 1. The van der Waals surface area contributed by atoms with Gasteiger partial charge >= 0.3 is 0 Å². The van der Waals surface area contributed by atoms with Crippen LogP contribution in [0, 0.1) is 17.2 Å². The van der Waals surface area contributed by atoms with Gasteiger partial charge < -0.3 is 5.32 Å². The maximum atomic E-state index is 12.3. The van der Waals surface area contributed by atoms with Gasteiger partial charge in [-0.05, 0) is 18.4 Å². The average Bonchev–Trinajstić information content (AvgIpc) is 3.10. The van der Waals surface area contributed by atoms with E-state index >= 15 is 0 Å². The molecule has 5 heteroatoms. The molecule has 1 aromatic carbocycles. The van der Waals surface area contributed by atoms with Crippen LogP contribution in [0.25, 0.3) is 10.4 Å². The van der Waals surface area contributed by atoms with Crippen molar-refractivity contribution in [2.75, 3.05) is 6.54 Å². The molecule has 1 saturated carbocycles. The molecule has 0 radical (unpaired) electrons. The number of nitrogens with zero attached hydrogens (tertiary/aromatic N) is 2. The number of hydrogen-bond donors (Lipinski definition) is 1. The lowest BCUT2D eigenvalue weighted by molar-refractivity contribution is -0.126. The molecule has 23 heavy (non-hydrogen) atoms. The van der Waals surface area contributed by atoms with Crippen LogP contribution in [0.15, 0.2) is 36.5 Å². The summed E-state index contributed by atoms with van der Waals surface area (Å²) in [5.74, 6) is 0.101. The molecule has 3 rings (SSSR count). The SMILES string of the molecule is N#CCNC(=O)C1CCCCC1c1ncc(-c2ccccc2)s1. The third-order valence-electron chi connectivity index (χ3n) is 4.34. The van der Waals surface area contributed by atoms with E-state index in [9.17, 15) is 4.79 Å². The highest BCUT2D eigenvalue weighted by Gasteiger charge is 2.33. The van der Waals surface area contributed by atoms with Crippen LogP contribution in [0.5, 0.6) is 0 Å². The summed E-state index contributed by atoms with van der Waals surface area (Å²) in [5, 5.41) is 12.4. The van der Waals surface area contributed by atoms with Crippen molar-refractivity contribution in [2.24, 2.45) is 5.92 Å². The summed E-state index contributed by atoms with van der Waals surface area (Å²) < 4.78 is 0. The number of nitrogens with one attached hydrogen (secondary N) is 1. The normalized spacial score (nSPS) is 20.7. The molecule has 1 heterocycles. The zero-order valence-electron chi connectivity index (χ0n) is 12.9. The van der Waals surface area contributed by atoms with E-state index in [1.165, 1.54) is 0 Å². The second kappa shape index (κ2) is 7.38. The Morgan fingerprint density at radius 1 is 1.30 bits per heavy atom. The third kappa shape index (κ3) is 3.59. The van der Waals surface area contributed by atoms with Gasteiger partial charge in [0.05, 0.1) is 16.0 Å². The summed E-state index contributed by atoms with van der Waals surface area (Å²) in [7, 11) is 0. The molecule has 1 aliphatic carbocycles. The van der Waals surface area contributed by atoms with Crippen LogP contribution in [0.3, 0.4) is 0 Å². The second-order valence-corrected chi connectivity index (χ2v) is 6.86. The number of thiazole rings is 1. The number of benzene rings is 1. The summed E-state index contributed by atoms with van der Waals surface area (Å²) in [5.41, 5.74) is 1.16. The Bertz CT molecular complexity index is 705. The Morgan fingerprint density at radius 2 is 2.09 bits per heavy atom. The monoisotopic (exact) mass is 325 g/mol. The predicted octanol–water partition coefficient (Wildman–Crippen LogP) is 3.72. The first-order valence-electron chi connectivity index (χ1n) is 7.95. The van der Waals surface area contributed by atoms with Gasteiger partial charge in [0.25, 0.3) is 0 Å². The highest BCUT2D eigenvalue weighted by molar-refractivity contribution is 7.15. The highest BCUT2D eigenvalue weighted by Crippen LogP contribution is 2.41. The van der Waals surface area contributed by atoms with Gasteiger partial charge in [0.1, 0.15) is 6.54 Å². The molecule has 0 spiro atoms. The first kappa shape index (κ1) is 15.7. The predicted molar refractivity (Wildman–Crippen MR) is 90.9 cm³/mol. The summed E-state index contributed by atoms with van der Waals surface area (Å²) >= 11 is 1.68. The minimum absolute atomic E-state index is 0.00675. The summed E-state index contributed by atoms with van der Waals surface area (Å²) in [6.45, 7) is 0.0786. The van der Waals surface area contributed by atoms with Crippen molar-refractivity contribution in [1.29, 1.82) is 5.26 Å². The number of carbonyl (C=O) groups is 1. The highest BCUT2D eigenvalue weighted by atomic mass is 32.1. The molecule has 0 bridgehead atoms. The number of nitriles is 1. The molecule has 2 atom stereocenters. The topological polar surface area (TPSA) is 65.8 Å². The van der Waals surface area contributed by atoms with Gasteiger partial charge in [-0.25, -0.2) is 4.98 Å². The van der Waals surface area contributed by atoms with E-state index in [1.807, 2.05) is 30.5 Å². The van der Waals surface area contributed by atoms with E-state index < -0.39 is 0 Å². The molecule has 1 N–H and O–H groups in total. The van der Waals surface area contributed by atoms with E-state index in [4.69, 9.17) is 5.26 Å². The van der Waals surface area contributed by atoms with Gasteiger partial charge in [-0.3, -0.25) is 4.79 Å². The lowest BCUT2D eigenvalue weighted by Gasteiger charge is -2.28.